The molecule has 8 aliphatic rings. The summed E-state index contributed by atoms with van der Waals surface area (Å²) in [5.74, 6) is -1.31. The van der Waals surface area contributed by atoms with Crippen LogP contribution in [0.3, 0.4) is 0 Å². The van der Waals surface area contributed by atoms with E-state index in [1.54, 1.807) is 7.11 Å². The van der Waals surface area contributed by atoms with E-state index in [4.69, 9.17) is 37.9 Å². The number of aliphatic hydroxyl groups excluding tert-OH is 2. The zero-order valence-electron chi connectivity index (χ0n) is 31.7. The van der Waals surface area contributed by atoms with Crippen molar-refractivity contribution in [1.29, 1.82) is 0 Å². The van der Waals surface area contributed by atoms with Crippen molar-refractivity contribution in [1.82, 2.24) is 0 Å². The highest BCUT2D eigenvalue weighted by Gasteiger charge is 2.61. The van der Waals surface area contributed by atoms with Crippen molar-refractivity contribution < 1.29 is 58.0 Å². The summed E-state index contributed by atoms with van der Waals surface area (Å²) in [5, 5.41) is 32.2. The van der Waals surface area contributed by atoms with Gasteiger partial charge in [0.1, 0.15) is 24.1 Å². The van der Waals surface area contributed by atoms with Crippen LogP contribution in [0.5, 0.6) is 0 Å². The normalized spacial score (nSPS) is 51.1. The molecule has 0 radical (unpaired) electrons. The summed E-state index contributed by atoms with van der Waals surface area (Å²) >= 11 is 0. The number of ketones is 1. The fourth-order valence-corrected chi connectivity index (χ4v) is 11.0. The lowest BCUT2D eigenvalue weighted by Crippen LogP contribution is -2.63. The van der Waals surface area contributed by atoms with E-state index in [2.05, 4.69) is 27.0 Å². The SMILES string of the molecule is C=C1CC2CC[C@@]3(O)CC4OC5[C@@H](O[C@H]6CC[C@H](CC(=O)C[C@H]7C(C[C@H]8O[C@@H](CCC1O2)C[C@@H](C)C8=C)OC(CC(O)CO)[C@@H]7OC)O[C@@H]6[C@@H]5O3)C4C. The van der Waals surface area contributed by atoms with Gasteiger partial charge in [-0.25, -0.2) is 0 Å². The molecule has 19 atom stereocenters. The Bertz CT molecular complexity index is 1360. The van der Waals surface area contributed by atoms with Crippen LogP contribution in [0.15, 0.2) is 24.3 Å². The van der Waals surface area contributed by atoms with Gasteiger partial charge in [-0.05, 0) is 62.0 Å². The molecule has 12 heteroatoms. The molecule has 0 aromatic rings. The molecule has 0 spiro atoms. The highest BCUT2D eigenvalue weighted by Crippen LogP contribution is 2.49. The number of Topliss-reactive ketones (excluding diaryl/α,β-unsaturated/α-hetero) is 1. The molecule has 3 N–H and O–H groups in total. The quantitative estimate of drug-likeness (QED) is 0.360. The van der Waals surface area contributed by atoms with Crippen LogP contribution in [0.1, 0.15) is 97.3 Å². The number of carbonyl (C=O) groups excluding carboxylic acids is 1. The lowest BCUT2D eigenvalue weighted by Gasteiger charge is -2.50. The van der Waals surface area contributed by atoms with Gasteiger partial charge in [-0.15, -0.1) is 0 Å². The van der Waals surface area contributed by atoms with Crippen LogP contribution in [0.25, 0.3) is 0 Å². The van der Waals surface area contributed by atoms with Gasteiger partial charge in [-0.2, -0.15) is 0 Å². The van der Waals surface area contributed by atoms with Crippen molar-refractivity contribution in [2.24, 2.45) is 17.8 Å². The van der Waals surface area contributed by atoms with Crippen molar-refractivity contribution >= 4 is 5.78 Å². The van der Waals surface area contributed by atoms with Crippen LogP contribution < -0.4 is 0 Å². The molecule has 0 aromatic heterocycles. The van der Waals surface area contributed by atoms with Gasteiger partial charge in [-0.1, -0.05) is 27.0 Å². The third-order valence-corrected chi connectivity index (χ3v) is 14.0. The third kappa shape index (κ3) is 7.74. The maximum absolute atomic E-state index is 14.1. The van der Waals surface area contributed by atoms with Crippen LogP contribution in [0, 0.1) is 17.8 Å². The van der Waals surface area contributed by atoms with Crippen molar-refractivity contribution in [2.75, 3.05) is 13.7 Å². The zero-order valence-corrected chi connectivity index (χ0v) is 31.7. The Balaban J connectivity index is 1.07. The molecule has 53 heavy (non-hydrogen) atoms. The van der Waals surface area contributed by atoms with Gasteiger partial charge in [-0.3, -0.25) is 4.79 Å². The second-order valence-corrected chi connectivity index (χ2v) is 17.7. The fourth-order valence-electron chi connectivity index (χ4n) is 11.0. The second kappa shape index (κ2) is 15.6. The minimum absolute atomic E-state index is 0.00144. The molecule has 0 aliphatic carbocycles. The molecular weight excluding hydrogens is 684 g/mol. The van der Waals surface area contributed by atoms with E-state index in [0.29, 0.717) is 32.1 Å². The third-order valence-electron chi connectivity index (χ3n) is 14.0. The van der Waals surface area contributed by atoms with Gasteiger partial charge in [0, 0.05) is 57.5 Å². The summed E-state index contributed by atoms with van der Waals surface area (Å²) < 4.78 is 52.6. The first kappa shape index (κ1) is 38.6. The van der Waals surface area contributed by atoms with Gasteiger partial charge in [0.15, 0.2) is 5.79 Å². The highest BCUT2D eigenvalue weighted by molar-refractivity contribution is 5.79. The molecule has 8 fully saturated rings. The number of fused-ring (bicyclic) bond motifs is 8. The second-order valence-electron chi connectivity index (χ2n) is 17.7. The summed E-state index contributed by atoms with van der Waals surface area (Å²) in [7, 11) is 1.61. The number of hydrogen-bond acceptors (Lipinski definition) is 12. The van der Waals surface area contributed by atoms with E-state index in [1.165, 1.54) is 0 Å². The Hall–Kier alpha value is -1.29. The Morgan fingerprint density at radius 1 is 0.811 bits per heavy atom. The van der Waals surface area contributed by atoms with Crippen molar-refractivity contribution in [3.05, 3.63) is 24.3 Å². The summed E-state index contributed by atoms with van der Waals surface area (Å²) in [4.78, 5) is 14.1. The maximum atomic E-state index is 14.1. The summed E-state index contributed by atoms with van der Waals surface area (Å²) in [6.07, 6.45) is 2.18. The topological polar surface area (TPSA) is 152 Å². The highest BCUT2D eigenvalue weighted by atomic mass is 16.7. The van der Waals surface area contributed by atoms with Crippen molar-refractivity contribution in [3.63, 3.8) is 0 Å². The van der Waals surface area contributed by atoms with Crippen LogP contribution in [0.2, 0.25) is 0 Å². The van der Waals surface area contributed by atoms with Crippen LogP contribution in [-0.4, -0.2) is 132 Å². The van der Waals surface area contributed by atoms with Crippen LogP contribution in [0.4, 0.5) is 0 Å². The number of aliphatic hydroxyl groups is 3. The summed E-state index contributed by atoms with van der Waals surface area (Å²) in [6.45, 7) is 12.8. The number of carbonyl (C=O) groups is 1. The average Bonchev–Trinajstić information content (AvgIpc) is 3.71. The van der Waals surface area contributed by atoms with Crippen molar-refractivity contribution in [2.45, 2.75) is 195 Å². The van der Waals surface area contributed by atoms with E-state index in [-0.39, 0.29) is 110 Å². The minimum atomic E-state index is -1.41. The first-order chi connectivity index (χ1) is 25.4. The Kier molecular flexibility index (Phi) is 11.3. The summed E-state index contributed by atoms with van der Waals surface area (Å²) in [5.41, 5.74) is 2.10. The van der Waals surface area contributed by atoms with Gasteiger partial charge in [0.05, 0.1) is 79.9 Å². The number of rotatable bonds is 4. The largest absolute Gasteiger partial charge is 0.394 e. The Morgan fingerprint density at radius 2 is 1.57 bits per heavy atom. The minimum Gasteiger partial charge on any atom is -0.394 e. The van der Waals surface area contributed by atoms with Gasteiger partial charge >= 0.3 is 0 Å². The molecule has 298 valence electrons. The van der Waals surface area contributed by atoms with Gasteiger partial charge in [0.2, 0.25) is 0 Å². The molecule has 8 unspecified atom stereocenters. The van der Waals surface area contributed by atoms with Crippen molar-refractivity contribution in [3.8, 4) is 0 Å². The number of hydrogen-bond donors (Lipinski definition) is 3. The number of methoxy groups -OCH3 is 1. The lowest BCUT2D eigenvalue weighted by atomic mass is 9.81. The van der Waals surface area contributed by atoms with E-state index in [0.717, 1.165) is 43.3 Å². The molecule has 8 aliphatic heterocycles. The maximum Gasteiger partial charge on any atom is 0.168 e. The number of ether oxygens (including phenoxy) is 8. The molecule has 8 saturated heterocycles. The zero-order chi connectivity index (χ0) is 37.2. The molecule has 8 heterocycles. The molecule has 8 rings (SSSR count). The predicted molar refractivity (Wildman–Crippen MR) is 191 cm³/mol. The van der Waals surface area contributed by atoms with Crippen LogP contribution >= 0.6 is 0 Å². The Labute approximate surface area is 313 Å². The molecule has 0 amide bonds. The van der Waals surface area contributed by atoms with E-state index >= 15 is 0 Å². The van der Waals surface area contributed by atoms with E-state index in [1.807, 2.05) is 0 Å². The molecule has 10 bridgehead atoms. The molecular formula is C41H62O12. The first-order valence-electron chi connectivity index (χ1n) is 20.4. The average molecular weight is 747 g/mol. The fraction of sp³-hybridized carbons (Fsp3) is 0.878. The molecule has 12 nitrogen and oxygen atoms in total. The monoisotopic (exact) mass is 746 g/mol. The van der Waals surface area contributed by atoms with Gasteiger partial charge in [0.25, 0.3) is 0 Å². The standard InChI is InChI=1S/C41H62O12/c1-20-12-26-6-8-30-21(2)13-28(47-30)10-11-41(45)18-35-23(4)36-39(52-35)40(53-41)38-31(51-36)9-7-27(49-38)14-24(43)15-29-33(17-32(48-26)22(20)3)50-34(37(29)46-5)16-25(44)19-42/h20,23,25-40,42,44-45H,2-3,6-19H2,1,4-5H3/t20-,23?,25?,26+,27-,28?,29+,30?,31+,32-,33?,34?,35?,36+,37-,38+,39?,40+,41+/m1/s1. The smallest absolute Gasteiger partial charge is 0.168 e. The first-order valence-corrected chi connectivity index (χ1v) is 20.4. The van der Waals surface area contributed by atoms with Gasteiger partial charge < -0.3 is 53.2 Å². The molecule has 0 saturated carbocycles. The van der Waals surface area contributed by atoms with Crippen LogP contribution in [-0.2, 0) is 42.7 Å². The lowest BCUT2D eigenvalue weighted by molar-refractivity contribution is -0.318. The van der Waals surface area contributed by atoms with E-state index in [9.17, 15) is 20.1 Å². The predicted octanol–water partition coefficient (Wildman–Crippen LogP) is 3.70. The van der Waals surface area contributed by atoms with E-state index < -0.39 is 36.3 Å². The summed E-state index contributed by atoms with van der Waals surface area (Å²) in [6, 6.07) is 0. The molecule has 0 aromatic carbocycles. The Morgan fingerprint density at radius 3 is 2.36 bits per heavy atom.